The highest BCUT2D eigenvalue weighted by Crippen LogP contribution is 2.43. The monoisotopic (exact) mass is 298 g/mol. The predicted octanol–water partition coefficient (Wildman–Crippen LogP) is 2.84. The maximum atomic E-state index is 12.4. The summed E-state index contributed by atoms with van der Waals surface area (Å²) in [5.74, 6) is 5.89. The lowest BCUT2D eigenvalue weighted by Gasteiger charge is -2.29. The van der Waals surface area contributed by atoms with Gasteiger partial charge in [0.15, 0.2) is 0 Å². The topological polar surface area (TPSA) is 80.5 Å². The van der Waals surface area contributed by atoms with Gasteiger partial charge >= 0.3 is 6.09 Å². The molecule has 1 atom stereocenters. The van der Waals surface area contributed by atoms with Crippen LogP contribution in [-0.2, 0) is 4.74 Å². The fourth-order valence-corrected chi connectivity index (χ4v) is 2.83. The number of carbonyl (C=O) groups excluding carboxylic acids is 1. The lowest BCUT2D eigenvalue weighted by Crippen LogP contribution is -2.33. The summed E-state index contributed by atoms with van der Waals surface area (Å²) < 4.78 is 5.57. The maximum absolute atomic E-state index is 12.4. The first-order chi connectivity index (χ1) is 10.5. The van der Waals surface area contributed by atoms with E-state index in [1.807, 2.05) is 44.2 Å². The van der Waals surface area contributed by atoms with E-state index in [0.29, 0.717) is 11.5 Å². The van der Waals surface area contributed by atoms with E-state index in [4.69, 9.17) is 10.6 Å². The quantitative estimate of drug-likeness (QED) is 0.672. The number of benzene rings is 1. The number of hydrazine groups is 1. The van der Waals surface area contributed by atoms with Crippen molar-refractivity contribution in [3.63, 3.8) is 0 Å². The Morgan fingerprint density at radius 2 is 2.00 bits per heavy atom. The van der Waals surface area contributed by atoms with Crippen molar-refractivity contribution in [1.82, 2.24) is 4.98 Å². The number of pyridine rings is 1. The van der Waals surface area contributed by atoms with Crippen molar-refractivity contribution in [3.8, 4) is 0 Å². The van der Waals surface area contributed by atoms with E-state index in [1.165, 1.54) is 0 Å². The van der Waals surface area contributed by atoms with Crippen LogP contribution in [0.1, 0.15) is 25.5 Å². The first-order valence-corrected chi connectivity index (χ1v) is 7.03. The molecular formula is C16H18N4O2. The van der Waals surface area contributed by atoms with Gasteiger partial charge in [-0.2, -0.15) is 0 Å². The first-order valence-electron chi connectivity index (χ1n) is 7.03. The summed E-state index contributed by atoms with van der Waals surface area (Å²) in [5.41, 5.74) is 3.55. The minimum atomic E-state index is -0.641. The van der Waals surface area contributed by atoms with Gasteiger partial charge in [0.2, 0.25) is 0 Å². The Morgan fingerprint density at radius 3 is 2.68 bits per heavy atom. The Hall–Kier alpha value is -2.60. The molecule has 3 rings (SSSR count). The molecule has 114 valence electrons. The van der Waals surface area contributed by atoms with Crippen LogP contribution in [0.5, 0.6) is 0 Å². The highest BCUT2D eigenvalue weighted by atomic mass is 16.6. The summed E-state index contributed by atoms with van der Waals surface area (Å²) in [5, 5.41) is 0. The molecule has 1 saturated heterocycles. The number of anilines is 2. The second-order valence-electron chi connectivity index (χ2n) is 5.70. The van der Waals surface area contributed by atoms with Crippen molar-refractivity contribution in [3.05, 3.63) is 54.2 Å². The molecule has 1 aliphatic rings. The second kappa shape index (κ2) is 5.31. The van der Waals surface area contributed by atoms with Gasteiger partial charge in [-0.15, -0.1) is 0 Å². The van der Waals surface area contributed by atoms with E-state index in [0.717, 1.165) is 5.56 Å². The van der Waals surface area contributed by atoms with Gasteiger partial charge in [0.1, 0.15) is 17.5 Å². The average molecular weight is 298 g/mol. The molecule has 1 unspecified atom stereocenters. The van der Waals surface area contributed by atoms with E-state index in [1.54, 1.807) is 23.2 Å². The van der Waals surface area contributed by atoms with Gasteiger partial charge in [-0.05, 0) is 25.5 Å². The summed E-state index contributed by atoms with van der Waals surface area (Å²) in [7, 11) is 0. The largest absolute Gasteiger partial charge is 0.441 e. The van der Waals surface area contributed by atoms with Crippen molar-refractivity contribution >= 4 is 17.6 Å². The third kappa shape index (κ3) is 2.37. The van der Waals surface area contributed by atoms with Gasteiger partial charge in [0.05, 0.1) is 5.69 Å². The van der Waals surface area contributed by atoms with E-state index >= 15 is 0 Å². The molecule has 1 aliphatic heterocycles. The predicted molar refractivity (Wildman–Crippen MR) is 84.3 cm³/mol. The molecule has 2 aromatic rings. The van der Waals surface area contributed by atoms with E-state index in [2.05, 4.69) is 10.4 Å². The SMILES string of the molecule is CC1(C)OC(=O)N(c2ccnc(NN)c2)C1c1ccccc1. The Labute approximate surface area is 128 Å². The smallest absolute Gasteiger partial charge is 0.415 e. The summed E-state index contributed by atoms with van der Waals surface area (Å²) >= 11 is 0. The van der Waals surface area contributed by atoms with Gasteiger partial charge < -0.3 is 10.2 Å². The minimum Gasteiger partial charge on any atom is -0.441 e. The summed E-state index contributed by atoms with van der Waals surface area (Å²) in [6.45, 7) is 3.82. The molecule has 2 heterocycles. The van der Waals surface area contributed by atoms with E-state index in [9.17, 15) is 4.79 Å². The number of nitrogens with zero attached hydrogens (tertiary/aromatic N) is 2. The molecule has 6 heteroatoms. The lowest BCUT2D eigenvalue weighted by atomic mass is 9.91. The van der Waals surface area contributed by atoms with E-state index in [-0.39, 0.29) is 12.1 Å². The number of nitrogens with two attached hydrogens (primary N) is 1. The fourth-order valence-electron chi connectivity index (χ4n) is 2.83. The van der Waals surface area contributed by atoms with Crippen LogP contribution in [0.25, 0.3) is 0 Å². The van der Waals surface area contributed by atoms with Crippen LogP contribution in [0.3, 0.4) is 0 Å². The molecule has 1 aromatic carbocycles. The number of nitrogens with one attached hydrogen (secondary N) is 1. The molecule has 3 N–H and O–H groups in total. The van der Waals surface area contributed by atoms with E-state index < -0.39 is 5.60 Å². The highest BCUT2D eigenvalue weighted by molar-refractivity contribution is 5.92. The van der Waals surface area contributed by atoms with Gasteiger partial charge in [0, 0.05) is 12.3 Å². The number of carbonyl (C=O) groups is 1. The van der Waals surface area contributed by atoms with Crippen LogP contribution in [0.15, 0.2) is 48.7 Å². The highest BCUT2D eigenvalue weighted by Gasteiger charge is 2.49. The summed E-state index contributed by atoms with van der Waals surface area (Å²) in [4.78, 5) is 18.1. The normalized spacial score (nSPS) is 19.9. The molecule has 0 radical (unpaired) electrons. The Morgan fingerprint density at radius 1 is 1.27 bits per heavy atom. The van der Waals surface area contributed by atoms with Crippen molar-refractivity contribution < 1.29 is 9.53 Å². The number of ether oxygens (including phenoxy) is 1. The third-order valence-electron chi connectivity index (χ3n) is 3.75. The molecule has 0 spiro atoms. The molecule has 1 amide bonds. The molecule has 0 aliphatic carbocycles. The van der Waals surface area contributed by atoms with Crippen LogP contribution in [0.2, 0.25) is 0 Å². The Kier molecular flexibility index (Phi) is 3.46. The van der Waals surface area contributed by atoms with Crippen LogP contribution >= 0.6 is 0 Å². The molecule has 22 heavy (non-hydrogen) atoms. The van der Waals surface area contributed by atoms with Gasteiger partial charge in [-0.25, -0.2) is 15.6 Å². The van der Waals surface area contributed by atoms with Gasteiger partial charge in [0.25, 0.3) is 0 Å². The van der Waals surface area contributed by atoms with Crippen LogP contribution < -0.4 is 16.2 Å². The molecule has 0 saturated carbocycles. The summed E-state index contributed by atoms with van der Waals surface area (Å²) in [6.07, 6.45) is 1.22. The molecule has 1 aromatic heterocycles. The first kappa shape index (κ1) is 14.3. The maximum Gasteiger partial charge on any atom is 0.415 e. The molecule has 6 nitrogen and oxygen atoms in total. The molecular weight excluding hydrogens is 280 g/mol. The van der Waals surface area contributed by atoms with Crippen molar-refractivity contribution in [2.75, 3.05) is 10.3 Å². The van der Waals surface area contributed by atoms with Crippen molar-refractivity contribution in [2.45, 2.75) is 25.5 Å². The van der Waals surface area contributed by atoms with Crippen LogP contribution in [0, 0.1) is 0 Å². The zero-order valence-electron chi connectivity index (χ0n) is 12.5. The van der Waals surface area contributed by atoms with Crippen LogP contribution in [0.4, 0.5) is 16.3 Å². The average Bonchev–Trinajstić information content (AvgIpc) is 2.77. The number of nitrogen functional groups attached to an aromatic ring is 1. The number of cyclic esters (lactones) is 1. The fraction of sp³-hybridized carbons (Fsp3) is 0.250. The zero-order valence-corrected chi connectivity index (χ0v) is 12.5. The Balaban J connectivity index is 2.09. The molecule has 0 bridgehead atoms. The standard InChI is InChI=1S/C16H18N4O2/c1-16(2)14(11-6-4-3-5-7-11)20(15(21)22-16)12-8-9-18-13(10-12)19-17/h3-10,14H,17H2,1-2H3,(H,18,19). The Bertz CT molecular complexity index is 688. The number of hydrogen-bond donors (Lipinski definition) is 2. The lowest BCUT2D eigenvalue weighted by molar-refractivity contribution is 0.0685. The third-order valence-corrected chi connectivity index (χ3v) is 3.75. The summed E-state index contributed by atoms with van der Waals surface area (Å²) in [6, 6.07) is 13.1. The number of hydrogen-bond acceptors (Lipinski definition) is 5. The van der Waals surface area contributed by atoms with Crippen LogP contribution in [-0.4, -0.2) is 16.7 Å². The van der Waals surface area contributed by atoms with Crippen molar-refractivity contribution in [1.29, 1.82) is 0 Å². The number of amides is 1. The minimum absolute atomic E-state index is 0.228. The second-order valence-corrected chi connectivity index (χ2v) is 5.70. The van der Waals surface area contributed by atoms with Crippen molar-refractivity contribution in [2.24, 2.45) is 5.84 Å². The van der Waals surface area contributed by atoms with Gasteiger partial charge in [-0.3, -0.25) is 4.90 Å². The molecule has 1 fully saturated rings. The number of aromatic nitrogens is 1. The van der Waals surface area contributed by atoms with Gasteiger partial charge in [-0.1, -0.05) is 30.3 Å². The number of rotatable bonds is 3. The zero-order chi connectivity index (χ0) is 15.7.